The van der Waals surface area contributed by atoms with Crippen molar-refractivity contribution in [3.05, 3.63) is 71.3 Å². The molecule has 0 saturated heterocycles. The fraction of sp³-hybridized carbons (Fsp3) is 0.0667. The summed E-state index contributed by atoms with van der Waals surface area (Å²) in [5.74, 6) is 6.27. The lowest BCUT2D eigenvalue weighted by atomic mass is 10.1. The number of rotatable bonds is 0. The Labute approximate surface area is 90.6 Å². The Kier molecular flexibility index (Phi) is 2.85. The first kappa shape index (κ1) is 9.55. The molecule has 0 heterocycles. The average molecular weight is 192 g/mol. The Hall–Kier alpha value is -2.00. The molecule has 72 valence electrons. The lowest BCUT2D eigenvalue weighted by molar-refractivity contribution is 1.46. The molecule has 2 aromatic carbocycles. The van der Waals surface area contributed by atoms with E-state index in [0.717, 1.165) is 11.1 Å². The molecule has 0 bridgehead atoms. The Balaban J connectivity index is 2.22. The third-order valence-electron chi connectivity index (χ3n) is 2.18. The van der Waals surface area contributed by atoms with Gasteiger partial charge in [0, 0.05) is 11.1 Å². The third kappa shape index (κ3) is 2.72. The zero-order chi connectivity index (χ0) is 10.5. The van der Waals surface area contributed by atoms with Crippen LogP contribution in [-0.2, 0) is 0 Å². The first-order chi connectivity index (χ1) is 7.34. The van der Waals surface area contributed by atoms with Crippen molar-refractivity contribution in [3.63, 3.8) is 0 Å². The largest absolute Gasteiger partial charge is 0.0622 e. The first-order valence-corrected chi connectivity index (χ1v) is 4.98. The molecular weight excluding hydrogens is 180 g/mol. The van der Waals surface area contributed by atoms with E-state index in [1.807, 2.05) is 42.5 Å². The molecular formula is C15H12. The van der Waals surface area contributed by atoms with E-state index >= 15 is 0 Å². The molecule has 0 N–H and O–H groups in total. The Morgan fingerprint density at radius 2 is 1.20 bits per heavy atom. The van der Waals surface area contributed by atoms with Gasteiger partial charge in [-0.15, -0.1) is 0 Å². The quantitative estimate of drug-likeness (QED) is 0.561. The van der Waals surface area contributed by atoms with Crippen molar-refractivity contribution in [1.82, 2.24) is 0 Å². The molecule has 0 aliphatic heterocycles. The maximum Gasteiger partial charge on any atom is 0.0249 e. The second-order valence-corrected chi connectivity index (χ2v) is 3.48. The number of aryl methyl sites for hydroxylation is 1. The predicted octanol–water partition coefficient (Wildman–Crippen LogP) is 3.39. The van der Waals surface area contributed by atoms with Gasteiger partial charge in [0.1, 0.15) is 0 Å². The summed E-state index contributed by atoms with van der Waals surface area (Å²) < 4.78 is 0. The Morgan fingerprint density at radius 3 is 1.80 bits per heavy atom. The minimum Gasteiger partial charge on any atom is -0.0622 e. The molecule has 0 spiro atoms. The van der Waals surface area contributed by atoms with Crippen molar-refractivity contribution in [2.75, 3.05) is 0 Å². The van der Waals surface area contributed by atoms with Crippen LogP contribution in [0.5, 0.6) is 0 Å². The summed E-state index contributed by atoms with van der Waals surface area (Å²) in [5.41, 5.74) is 3.38. The number of hydrogen-bond donors (Lipinski definition) is 0. The van der Waals surface area contributed by atoms with E-state index in [-0.39, 0.29) is 0 Å². The van der Waals surface area contributed by atoms with Gasteiger partial charge in [0.2, 0.25) is 0 Å². The molecule has 0 aliphatic carbocycles. The van der Waals surface area contributed by atoms with Gasteiger partial charge < -0.3 is 0 Å². The van der Waals surface area contributed by atoms with Gasteiger partial charge in [0.25, 0.3) is 0 Å². The van der Waals surface area contributed by atoms with Crippen molar-refractivity contribution < 1.29 is 0 Å². The molecule has 0 nitrogen and oxygen atoms in total. The predicted molar refractivity (Wildman–Crippen MR) is 63.6 cm³/mol. The van der Waals surface area contributed by atoms with Crippen LogP contribution in [0, 0.1) is 18.8 Å². The van der Waals surface area contributed by atoms with E-state index in [1.54, 1.807) is 0 Å². The van der Waals surface area contributed by atoms with Gasteiger partial charge >= 0.3 is 0 Å². The summed E-state index contributed by atoms with van der Waals surface area (Å²) in [6.45, 7) is 2.08. The summed E-state index contributed by atoms with van der Waals surface area (Å²) in [6, 6.07) is 18.3. The highest BCUT2D eigenvalue weighted by Crippen LogP contribution is 2.02. The van der Waals surface area contributed by atoms with Crippen LogP contribution in [0.25, 0.3) is 0 Å². The smallest absolute Gasteiger partial charge is 0.0249 e. The van der Waals surface area contributed by atoms with Crippen LogP contribution in [0.15, 0.2) is 54.6 Å². The van der Waals surface area contributed by atoms with Crippen molar-refractivity contribution in [1.29, 1.82) is 0 Å². The van der Waals surface area contributed by atoms with Crippen LogP contribution in [0.3, 0.4) is 0 Å². The second kappa shape index (κ2) is 4.48. The van der Waals surface area contributed by atoms with Gasteiger partial charge in [-0.1, -0.05) is 47.7 Å². The molecule has 0 saturated carbocycles. The molecule has 0 heteroatoms. The molecule has 2 rings (SSSR count). The molecule has 15 heavy (non-hydrogen) atoms. The normalized spacial score (nSPS) is 9.13. The molecule has 0 aromatic heterocycles. The highest BCUT2D eigenvalue weighted by molar-refractivity contribution is 5.43. The standard InChI is InChI=1S/C15H12/c1-13-7-9-15(10-8-13)12-11-14-5-3-2-4-6-14/h2-10H,1H3. The maximum absolute atomic E-state index is 3.14. The van der Waals surface area contributed by atoms with Gasteiger partial charge in [-0.3, -0.25) is 0 Å². The highest BCUT2D eigenvalue weighted by atomic mass is 13.9. The molecule has 2 aromatic rings. The Morgan fingerprint density at radius 1 is 0.667 bits per heavy atom. The van der Waals surface area contributed by atoms with Crippen LogP contribution < -0.4 is 0 Å². The first-order valence-electron chi connectivity index (χ1n) is 4.98. The lowest BCUT2D eigenvalue weighted by Crippen LogP contribution is -1.76. The maximum atomic E-state index is 3.14. The molecule has 0 unspecified atom stereocenters. The number of hydrogen-bond acceptors (Lipinski definition) is 0. The molecule has 0 amide bonds. The summed E-state index contributed by atoms with van der Waals surface area (Å²) >= 11 is 0. The van der Waals surface area contributed by atoms with Crippen LogP contribution in [0.1, 0.15) is 16.7 Å². The van der Waals surface area contributed by atoms with Crippen molar-refractivity contribution >= 4 is 0 Å². The van der Waals surface area contributed by atoms with Crippen LogP contribution in [0.2, 0.25) is 0 Å². The van der Waals surface area contributed by atoms with E-state index in [2.05, 4.69) is 30.9 Å². The van der Waals surface area contributed by atoms with E-state index in [4.69, 9.17) is 0 Å². The summed E-state index contributed by atoms with van der Waals surface area (Å²) in [6.07, 6.45) is 0. The van der Waals surface area contributed by atoms with E-state index in [9.17, 15) is 0 Å². The fourth-order valence-electron chi connectivity index (χ4n) is 1.30. The molecule has 0 aliphatic rings. The van der Waals surface area contributed by atoms with Gasteiger partial charge in [-0.25, -0.2) is 0 Å². The monoisotopic (exact) mass is 192 g/mol. The van der Waals surface area contributed by atoms with Crippen LogP contribution in [0.4, 0.5) is 0 Å². The zero-order valence-electron chi connectivity index (χ0n) is 8.70. The fourth-order valence-corrected chi connectivity index (χ4v) is 1.30. The van der Waals surface area contributed by atoms with Crippen LogP contribution in [-0.4, -0.2) is 0 Å². The molecule has 0 atom stereocenters. The summed E-state index contributed by atoms with van der Waals surface area (Å²) in [4.78, 5) is 0. The summed E-state index contributed by atoms with van der Waals surface area (Å²) in [7, 11) is 0. The minimum atomic E-state index is 1.05. The highest BCUT2D eigenvalue weighted by Gasteiger charge is 1.86. The van der Waals surface area contributed by atoms with Crippen molar-refractivity contribution in [2.45, 2.75) is 6.92 Å². The van der Waals surface area contributed by atoms with E-state index in [1.165, 1.54) is 5.56 Å². The lowest BCUT2D eigenvalue weighted by Gasteiger charge is -1.91. The van der Waals surface area contributed by atoms with Crippen molar-refractivity contribution in [2.24, 2.45) is 0 Å². The van der Waals surface area contributed by atoms with E-state index < -0.39 is 0 Å². The van der Waals surface area contributed by atoms with E-state index in [0.29, 0.717) is 0 Å². The molecule has 0 radical (unpaired) electrons. The SMILES string of the molecule is Cc1ccc(C#Cc2ccccc2)cc1. The average Bonchev–Trinajstić information content (AvgIpc) is 2.30. The van der Waals surface area contributed by atoms with Crippen LogP contribution >= 0.6 is 0 Å². The minimum absolute atomic E-state index is 1.05. The van der Waals surface area contributed by atoms with Gasteiger partial charge in [-0.2, -0.15) is 0 Å². The van der Waals surface area contributed by atoms with Gasteiger partial charge in [0.05, 0.1) is 0 Å². The Bertz CT molecular complexity index is 481. The third-order valence-corrected chi connectivity index (χ3v) is 2.18. The zero-order valence-corrected chi connectivity index (χ0v) is 8.70. The van der Waals surface area contributed by atoms with Crippen molar-refractivity contribution in [3.8, 4) is 11.8 Å². The topological polar surface area (TPSA) is 0 Å². The second-order valence-electron chi connectivity index (χ2n) is 3.48. The molecule has 0 fully saturated rings. The van der Waals surface area contributed by atoms with Gasteiger partial charge in [0.15, 0.2) is 0 Å². The van der Waals surface area contributed by atoms with Gasteiger partial charge in [-0.05, 0) is 31.2 Å². The summed E-state index contributed by atoms with van der Waals surface area (Å²) in [5, 5.41) is 0. The number of benzene rings is 2.